The van der Waals surface area contributed by atoms with Crippen LogP contribution in [-0.4, -0.2) is 56.0 Å². The van der Waals surface area contributed by atoms with E-state index in [4.69, 9.17) is 27.9 Å². The molecule has 1 fully saturated rings. The molecule has 0 N–H and O–H groups in total. The van der Waals surface area contributed by atoms with Gasteiger partial charge >= 0.3 is 0 Å². The number of rotatable bonds is 7. The molecular weight excluding hydrogens is 359 g/mol. The Balaban J connectivity index is 1.91. The third kappa shape index (κ3) is 5.50. The molecule has 0 saturated carbocycles. The first-order valence-corrected chi connectivity index (χ1v) is 9.72. The number of carbonyl (C=O) groups is 1. The van der Waals surface area contributed by atoms with Crippen molar-refractivity contribution in [3.63, 3.8) is 0 Å². The molecule has 1 aliphatic heterocycles. The molecule has 6 heteroatoms. The van der Waals surface area contributed by atoms with Gasteiger partial charge in [0.25, 0.3) is 5.91 Å². The Kier molecular flexibility index (Phi) is 7.85. The van der Waals surface area contributed by atoms with Gasteiger partial charge in [0.05, 0.1) is 17.2 Å². The van der Waals surface area contributed by atoms with Gasteiger partial charge < -0.3 is 14.5 Å². The molecule has 0 radical (unpaired) electrons. The fraction of sp³-hybridized carbons (Fsp3) is 0.632. The molecule has 0 bridgehead atoms. The number of likely N-dealkylation sites (tertiary alicyclic amines) is 1. The largest absolute Gasteiger partial charge is 0.494 e. The molecule has 1 saturated heterocycles. The van der Waals surface area contributed by atoms with Gasteiger partial charge in [-0.15, -0.1) is 0 Å². The molecule has 1 amide bonds. The molecule has 0 aliphatic carbocycles. The molecule has 0 unspecified atom stereocenters. The fourth-order valence-corrected chi connectivity index (χ4v) is 3.98. The van der Waals surface area contributed by atoms with Crippen LogP contribution >= 0.6 is 23.2 Å². The van der Waals surface area contributed by atoms with Crippen LogP contribution in [0.25, 0.3) is 0 Å². The van der Waals surface area contributed by atoms with Gasteiger partial charge in [-0.3, -0.25) is 4.79 Å². The number of carbonyl (C=O) groups excluding carboxylic acids is 1. The Morgan fingerprint density at radius 1 is 1.28 bits per heavy atom. The zero-order valence-electron chi connectivity index (χ0n) is 15.4. The summed E-state index contributed by atoms with van der Waals surface area (Å²) in [6.45, 7) is 6.05. The highest BCUT2D eigenvalue weighted by Gasteiger charge is 2.25. The van der Waals surface area contributed by atoms with E-state index in [1.807, 2.05) is 4.90 Å². The van der Waals surface area contributed by atoms with Crippen molar-refractivity contribution in [1.29, 1.82) is 0 Å². The van der Waals surface area contributed by atoms with E-state index in [9.17, 15) is 4.79 Å². The minimum atomic E-state index is -0.00996. The number of ether oxygens (including phenoxy) is 1. The van der Waals surface area contributed by atoms with E-state index in [-0.39, 0.29) is 5.91 Å². The Morgan fingerprint density at radius 2 is 1.88 bits per heavy atom. The lowest BCUT2D eigenvalue weighted by atomic mass is 9.95. The van der Waals surface area contributed by atoms with Crippen molar-refractivity contribution in [2.24, 2.45) is 5.92 Å². The van der Waals surface area contributed by atoms with E-state index in [0.717, 1.165) is 39.0 Å². The average molecular weight is 387 g/mol. The van der Waals surface area contributed by atoms with E-state index < -0.39 is 0 Å². The topological polar surface area (TPSA) is 32.8 Å². The number of benzene rings is 1. The zero-order valence-corrected chi connectivity index (χ0v) is 16.9. The summed E-state index contributed by atoms with van der Waals surface area (Å²) in [5, 5.41) is 0.733. The number of halogens is 2. The maximum atomic E-state index is 12.7. The van der Waals surface area contributed by atoms with Crippen LogP contribution in [0.2, 0.25) is 10.0 Å². The monoisotopic (exact) mass is 386 g/mol. The summed E-state index contributed by atoms with van der Waals surface area (Å²) in [6, 6.07) is 3.28. The number of amides is 1. The van der Waals surface area contributed by atoms with Crippen LogP contribution in [0.1, 0.15) is 43.0 Å². The van der Waals surface area contributed by atoms with Crippen molar-refractivity contribution in [2.45, 2.75) is 32.6 Å². The third-order valence-electron chi connectivity index (χ3n) is 4.81. The molecule has 2 rings (SSSR count). The van der Waals surface area contributed by atoms with E-state index in [2.05, 4.69) is 18.9 Å². The highest BCUT2D eigenvalue weighted by Crippen LogP contribution is 2.34. The van der Waals surface area contributed by atoms with Crippen LogP contribution in [0, 0.1) is 5.92 Å². The highest BCUT2D eigenvalue weighted by atomic mass is 35.5. The molecular formula is C19H28Cl2N2O2. The van der Waals surface area contributed by atoms with Gasteiger partial charge in [0.15, 0.2) is 5.75 Å². The molecule has 140 valence electrons. The van der Waals surface area contributed by atoms with Crippen molar-refractivity contribution >= 4 is 29.1 Å². The zero-order chi connectivity index (χ0) is 18.4. The number of hydrogen-bond donors (Lipinski definition) is 0. The number of unbranched alkanes of at least 4 members (excludes halogenated alkanes) is 1. The molecule has 0 atom stereocenters. The summed E-state index contributed by atoms with van der Waals surface area (Å²) in [5.74, 6) is 1.06. The molecule has 0 aromatic heterocycles. The Hall–Kier alpha value is -0.970. The van der Waals surface area contributed by atoms with Crippen molar-refractivity contribution in [3.05, 3.63) is 27.7 Å². The minimum absolute atomic E-state index is 0.00996. The SMILES string of the molecule is CCCCN(C)CC1CCN(C(=O)c2cc(Cl)c(OC)c(Cl)c2)CC1. The number of hydrogen-bond acceptors (Lipinski definition) is 3. The molecule has 1 aromatic carbocycles. The van der Waals surface area contributed by atoms with Crippen LogP contribution in [0.3, 0.4) is 0 Å². The lowest BCUT2D eigenvalue weighted by Gasteiger charge is -2.34. The Labute approximate surface area is 161 Å². The quantitative estimate of drug-likeness (QED) is 0.686. The lowest BCUT2D eigenvalue weighted by molar-refractivity contribution is 0.0673. The van der Waals surface area contributed by atoms with Crippen molar-refractivity contribution in [1.82, 2.24) is 9.80 Å². The fourth-order valence-electron chi connectivity index (χ4n) is 3.34. The summed E-state index contributed by atoms with van der Waals surface area (Å²) in [5.41, 5.74) is 0.523. The Morgan fingerprint density at radius 3 is 2.40 bits per heavy atom. The Bertz CT molecular complexity index is 564. The second-order valence-corrected chi connectivity index (χ2v) is 7.64. The molecule has 0 spiro atoms. The van der Waals surface area contributed by atoms with Crippen molar-refractivity contribution < 1.29 is 9.53 Å². The average Bonchev–Trinajstić information content (AvgIpc) is 2.59. The normalized spacial score (nSPS) is 15.7. The van der Waals surface area contributed by atoms with Gasteiger partial charge in [-0.05, 0) is 50.9 Å². The van der Waals surface area contributed by atoms with Crippen LogP contribution in [0.4, 0.5) is 0 Å². The summed E-state index contributed by atoms with van der Waals surface area (Å²) >= 11 is 12.3. The second-order valence-electron chi connectivity index (χ2n) is 6.82. The maximum Gasteiger partial charge on any atom is 0.253 e. The third-order valence-corrected chi connectivity index (χ3v) is 5.38. The first kappa shape index (κ1) is 20.3. The van der Waals surface area contributed by atoms with E-state index in [0.29, 0.717) is 27.3 Å². The van der Waals surface area contributed by atoms with Gasteiger partial charge in [0.2, 0.25) is 0 Å². The lowest BCUT2D eigenvalue weighted by Crippen LogP contribution is -2.41. The smallest absolute Gasteiger partial charge is 0.253 e. The molecule has 4 nitrogen and oxygen atoms in total. The van der Waals surface area contributed by atoms with Gasteiger partial charge in [-0.25, -0.2) is 0 Å². The second kappa shape index (κ2) is 9.65. The van der Waals surface area contributed by atoms with Crippen LogP contribution < -0.4 is 4.74 Å². The van der Waals surface area contributed by atoms with Crippen LogP contribution in [-0.2, 0) is 0 Å². The first-order valence-electron chi connectivity index (χ1n) is 8.97. The molecule has 25 heavy (non-hydrogen) atoms. The van der Waals surface area contributed by atoms with Gasteiger partial charge in [-0.2, -0.15) is 0 Å². The number of methoxy groups -OCH3 is 1. The summed E-state index contributed by atoms with van der Waals surface area (Å²) in [4.78, 5) is 17.0. The minimum Gasteiger partial charge on any atom is -0.494 e. The van der Waals surface area contributed by atoms with Crippen LogP contribution in [0.5, 0.6) is 5.75 Å². The highest BCUT2D eigenvalue weighted by molar-refractivity contribution is 6.37. The van der Waals surface area contributed by atoms with E-state index in [1.165, 1.54) is 20.0 Å². The summed E-state index contributed by atoms with van der Waals surface area (Å²) in [7, 11) is 3.70. The van der Waals surface area contributed by atoms with E-state index >= 15 is 0 Å². The first-order chi connectivity index (χ1) is 12.0. The summed E-state index contributed by atoms with van der Waals surface area (Å²) < 4.78 is 5.14. The predicted octanol–water partition coefficient (Wildman–Crippen LogP) is 4.59. The standard InChI is InChI=1S/C19H28Cl2N2O2/c1-4-5-8-22(2)13-14-6-9-23(10-7-14)19(24)15-11-16(20)18(25-3)17(21)12-15/h11-12,14H,4-10,13H2,1-3H3. The maximum absolute atomic E-state index is 12.7. The van der Waals surface area contributed by atoms with E-state index in [1.54, 1.807) is 12.1 Å². The van der Waals surface area contributed by atoms with Gasteiger partial charge in [0, 0.05) is 25.2 Å². The van der Waals surface area contributed by atoms with Crippen LogP contribution in [0.15, 0.2) is 12.1 Å². The molecule has 1 aliphatic rings. The van der Waals surface area contributed by atoms with Crippen molar-refractivity contribution in [3.8, 4) is 5.75 Å². The predicted molar refractivity (Wildman–Crippen MR) is 104 cm³/mol. The number of nitrogens with zero attached hydrogens (tertiary/aromatic N) is 2. The summed E-state index contributed by atoms with van der Waals surface area (Å²) in [6.07, 6.45) is 4.55. The molecule has 1 heterocycles. The van der Waals surface area contributed by atoms with Crippen molar-refractivity contribution in [2.75, 3.05) is 40.3 Å². The van der Waals surface area contributed by atoms with Gasteiger partial charge in [-0.1, -0.05) is 36.5 Å². The van der Waals surface area contributed by atoms with Gasteiger partial charge in [0.1, 0.15) is 0 Å². The number of piperidine rings is 1. The molecule has 1 aromatic rings.